The van der Waals surface area contributed by atoms with Gasteiger partial charge in [0.25, 0.3) is 0 Å². The fourth-order valence-corrected chi connectivity index (χ4v) is 4.48. The summed E-state index contributed by atoms with van der Waals surface area (Å²) < 4.78 is 112. The first kappa shape index (κ1) is 18.3. The Morgan fingerprint density at radius 3 is 2.59 bits per heavy atom. The zero-order valence-electron chi connectivity index (χ0n) is 27.3. The molecule has 1 fully saturated rings. The smallest absolute Gasteiger partial charge is 0.395 e. The van der Waals surface area contributed by atoms with Gasteiger partial charge >= 0.3 is 6.29 Å². The summed E-state index contributed by atoms with van der Waals surface area (Å²) in [6, 6.07) is 1.53. The first-order valence-electron chi connectivity index (χ1n) is 15.2. The van der Waals surface area contributed by atoms with Crippen molar-refractivity contribution in [2.24, 2.45) is 0 Å². The average Bonchev–Trinajstić information content (AvgIpc) is 3.51. The van der Waals surface area contributed by atoms with Crippen LogP contribution < -0.4 is 9.47 Å². The molecule has 0 bridgehead atoms. The van der Waals surface area contributed by atoms with Crippen molar-refractivity contribution >= 4 is 16.7 Å². The Hall–Kier alpha value is -3.04. The number of hydrogen-bond donors (Lipinski definition) is 2. The Bertz CT molecular complexity index is 1700. The van der Waals surface area contributed by atoms with E-state index in [0.29, 0.717) is 0 Å². The molecule has 2 N–H and O–H groups in total. The molecular weight excluding hydrogens is 487 g/mol. The number of hydrogen-bond acceptors (Lipinski definition) is 5. The minimum Gasteiger partial charge on any atom is -0.395 e. The van der Waals surface area contributed by atoms with E-state index in [2.05, 4.69) is 9.47 Å². The highest BCUT2D eigenvalue weighted by Gasteiger charge is 2.52. The van der Waals surface area contributed by atoms with E-state index in [9.17, 15) is 23.8 Å². The van der Waals surface area contributed by atoms with Gasteiger partial charge in [-0.2, -0.15) is 0 Å². The van der Waals surface area contributed by atoms with Gasteiger partial charge in [-0.3, -0.25) is 4.79 Å². The highest BCUT2D eigenvalue weighted by molar-refractivity contribution is 5.95. The summed E-state index contributed by atoms with van der Waals surface area (Å²) >= 11 is 0. The van der Waals surface area contributed by atoms with Gasteiger partial charge in [-0.05, 0) is 60.6 Å². The van der Waals surface area contributed by atoms with Gasteiger partial charge in [-0.1, -0.05) is 26.8 Å². The fraction of sp³-hybridized carbons (Fsp3) is 0.464. The second-order valence-corrected chi connectivity index (χ2v) is 9.83. The summed E-state index contributed by atoms with van der Waals surface area (Å²) in [7, 11) is 0. The molecule has 0 saturated heterocycles. The van der Waals surface area contributed by atoms with Crippen LogP contribution in [0.15, 0.2) is 36.3 Å². The molecule has 1 saturated carbocycles. The number of ether oxygens (including phenoxy) is 2. The molecule has 1 aromatic heterocycles. The van der Waals surface area contributed by atoms with Gasteiger partial charge < -0.3 is 24.3 Å². The largest absolute Gasteiger partial charge is 0.586 e. The molecule has 2 heterocycles. The van der Waals surface area contributed by atoms with Crippen molar-refractivity contribution in [2.75, 3.05) is 6.61 Å². The first-order valence-corrected chi connectivity index (χ1v) is 11.7. The van der Waals surface area contributed by atoms with E-state index in [0.717, 1.165) is 10.6 Å². The summed E-state index contributed by atoms with van der Waals surface area (Å²) in [5.41, 5.74) is -3.37. The number of aliphatic hydroxyl groups is 2. The molecule has 0 radical (unpaired) electrons. The van der Waals surface area contributed by atoms with Crippen molar-refractivity contribution in [3.8, 4) is 11.5 Å². The molecule has 198 valence electrons. The third-order valence-corrected chi connectivity index (χ3v) is 6.99. The molecule has 9 heteroatoms. The fourth-order valence-electron chi connectivity index (χ4n) is 4.48. The van der Waals surface area contributed by atoms with Gasteiger partial charge in [-0.25, -0.2) is 4.39 Å². The van der Waals surface area contributed by atoms with E-state index >= 15 is 4.39 Å². The Balaban J connectivity index is 1.60. The van der Waals surface area contributed by atoms with Crippen molar-refractivity contribution in [1.82, 2.24) is 4.57 Å². The van der Waals surface area contributed by atoms with Crippen molar-refractivity contribution in [3.63, 3.8) is 0 Å². The lowest BCUT2D eigenvalue weighted by Gasteiger charge is -2.26. The van der Waals surface area contributed by atoms with E-state index in [1.54, 1.807) is 0 Å². The lowest BCUT2D eigenvalue weighted by molar-refractivity contribution is -0.286. The maximum Gasteiger partial charge on any atom is 0.586 e. The number of benzene rings is 2. The molecule has 5 rings (SSSR count). The number of nitrogens with zero attached hydrogens (tertiary/aromatic N) is 1. The Labute approximate surface area is 222 Å². The quantitative estimate of drug-likeness (QED) is 0.413. The van der Waals surface area contributed by atoms with Crippen molar-refractivity contribution in [1.29, 1.82) is 0 Å². The van der Waals surface area contributed by atoms with Gasteiger partial charge in [0.15, 0.2) is 11.5 Å². The van der Waals surface area contributed by atoms with Crippen LogP contribution in [0.3, 0.4) is 0 Å². The number of carbonyl (C=O) groups excluding carboxylic acids is 1. The summed E-state index contributed by atoms with van der Waals surface area (Å²) in [5, 5.41) is 20.1. The zero-order chi connectivity index (χ0) is 32.9. The third kappa shape index (κ3) is 4.48. The number of carbonyl (C=O) groups is 1. The van der Waals surface area contributed by atoms with Crippen LogP contribution in [-0.2, 0) is 28.5 Å². The van der Waals surface area contributed by atoms with Gasteiger partial charge in [-0.15, -0.1) is 8.78 Å². The first-order chi connectivity index (χ1) is 20.1. The predicted molar refractivity (Wildman–Crippen MR) is 131 cm³/mol. The molecule has 1 aliphatic heterocycles. The predicted octanol–water partition coefficient (Wildman–Crippen LogP) is 4.99. The van der Waals surface area contributed by atoms with Gasteiger partial charge in [0.2, 0.25) is 0 Å². The molecule has 0 amide bonds. The number of aliphatic hydroxyl groups excluding tert-OH is 2. The molecule has 37 heavy (non-hydrogen) atoms. The Morgan fingerprint density at radius 1 is 1.24 bits per heavy atom. The normalized spacial score (nSPS) is 21.8. The summed E-state index contributed by atoms with van der Waals surface area (Å²) in [6.45, 7) is 0.629. The lowest BCUT2D eigenvalue weighted by Crippen LogP contribution is -2.26. The van der Waals surface area contributed by atoms with Crippen molar-refractivity contribution < 1.29 is 47.2 Å². The Kier molecular flexibility index (Phi) is 4.33. The van der Waals surface area contributed by atoms with E-state index in [4.69, 9.17) is 9.60 Å². The highest BCUT2D eigenvalue weighted by Crippen LogP contribution is 2.52. The molecule has 0 unspecified atom stereocenters. The second kappa shape index (κ2) is 8.77. The summed E-state index contributed by atoms with van der Waals surface area (Å²) in [5.74, 6) is -3.12. The monoisotopic (exact) mass is 524 g/mol. The average molecular weight is 525 g/mol. The summed E-state index contributed by atoms with van der Waals surface area (Å²) in [4.78, 5) is 13.7. The van der Waals surface area contributed by atoms with Crippen LogP contribution in [-0.4, -0.2) is 39.6 Å². The number of alkyl halides is 2. The lowest BCUT2D eigenvalue weighted by atomic mass is 9.86. The SMILES string of the molecule is [2H]c1c([2H])c(C2(C(=O)Cc3cc4cc(C(C)(C)C([2H])([2H])C)n(C([2H])([2H])[C@@H](O)CO)c4cc3F)CC2)c([2H])c2c1OC(F)(F)O2. The molecule has 3 aromatic rings. The maximum atomic E-state index is 15.7. The molecule has 6 nitrogen and oxygen atoms in total. The topological polar surface area (TPSA) is 80.9 Å². The van der Waals surface area contributed by atoms with E-state index in [1.165, 1.54) is 32.9 Å². The van der Waals surface area contributed by atoms with Crippen LogP contribution in [0.4, 0.5) is 13.2 Å². The van der Waals surface area contributed by atoms with Crippen LogP contribution in [0.2, 0.25) is 0 Å². The number of ketones is 1. The van der Waals surface area contributed by atoms with Gasteiger partial charge in [0.05, 0.1) is 37.0 Å². The second-order valence-electron chi connectivity index (χ2n) is 9.83. The van der Waals surface area contributed by atoms with E-state index in [-0.39, 0.29) is 40.6 Å². The molecular formula is C28H30F3NO5. The van der Waals surface area contributed by atoms with E-state index < -0.39 is 90.4 Å². The molecule has 1 atom stereocenters. The van der Waals surface area contributed by atoms with Crippen LogP contribution in [0.5, 0.6) is 11.5 Å². The third-order valence-electron chi connectivity index (χ3n) is 6.99. The van der Waals surface area contributed by atoms with Crippen LogP contribution in [0, 0.1) is 5.82 Å². The highest BCUT2D eigenvalue weighted by atomic mass is 19.3. The Morgan fingerprint density at radius 2 is 1.95 bits per heavy atom. The van der Waals surface area contributed by atoms with Crippen LogP contribution in [0.25, 0.3) is 10.9 Å². The number of rotatable bonds is 9. The van der Waals surface area contributed by atoms with Crippen molar-refractivity contribution in [3.05, 3.63) is 59.0 Å². The molecule has 1 aliphatic carbocycles. The van der Waals surface area contributed by atoms with Crippen LogP contribution in [0.1, 0.15) is 66.4 Å². The molecule has 2 aromatic carbocycles. The number of halogens is 3. The van der Waals surface area contributed by atoms with Crippen LogP contribution >= 0.6 is 0 Å². The van der Waals surface area contributed by atoms with Crippen molar-refractivity contribution in [2.45, 2.75) is 76.1 Å². The van der Waals surface area contributed by atoms with Gasteiger partial charge in [0.1, 0.15) is 11.6 Å². The number of Topliss-reactive ketones (excluding diaryl/α,β-unsaturated/α-hetero) is 1. The maximum absolute atomic E-state index is 15.7. The standard InChI is InChI=1S/C28H30F3NO5/c1-4-26(2,3)24-10-17-9-16(20(29)13-21(17)32(24)14-19(34)15-33)11-25(35)27(7-8-27)18-5-6-22-23(12-18)37-28(30,31)36-22/h5-6,9-10,12-13,19,33-34H,4,7-8,11,14-15H2,1-3H3/t19-/m1/s1/i4D2,5D,6D,12D,14D2. The summed E-state index contributed by atoms with van der Waals surface area (Å²) in [6.07, 6.45) is -8.37. The zero-order valence-corrected chi connectivity index (χ0v) is 20.3. The van der Waals surface area contributed by atoms with E-state index in [1.807, 2.05) is 0 Å². The minimum absolute atomic E-state index is 0.0527. The number of aromatic nitrogens is 1. The minimum atomic E-state index is -4.15. The molecule has 2 aliphatic rings. The number of fused-ring (bicyclic) bond motifs is 2. The molecule has 0 spiro atoms. The van der Waals surface area contributed by atoms with Gasteiger partial charge in [0, 0.05) is 25.7 Å².